The number of nitrogens with zero attached hydrogens (tertiary/aromatic N) is 1. The van der Waals surface area contributed by atoms with Crippen LogP contribution in [0.3, 0.4) is 0 Å². The van der Waals surface area contributed by atoms with Crippen LogP contribution < -0.4 is 5.56 Å². The fraction of sp³-hybridized carbons (Fsp3) is 0.143. The molecule has 0 aliphatic rings. The van der Waals surface area contributed by atoms with E-state index in [4.69, 9.17) is 23.8 Å². The Morgan fingerprint density at radius 1 is 1.38 bits per heavy atom. The zero-order valence-corrected chi connectivity index (χ0v) is 15.1. The Kier molecular flexibility index (Phi) is 3.81. The first kappa shape index (κ1) is 15.0. The number of aromatic amines is 1. The summed E-state index contributed by atoms with van der Waals surface area (Å²) in [4.78, 5) is 17.9. The lowest BCUT2D eigenvalue weighted by Crippen LogP contribution is -2.20. The summed E-state index contributed by atoms with van der Waals surface area (Å²) < 4.78 is 2.62. The third kappa shape index (κ3) is 2.40. The molecule has 1 aromatic carbocycles. The summed E-state index contributed by atoms with van der Waals surface area (Å²) in [7, 11) is 0. The molecular weight excluding hydrogens is 392 g/mol. The van der Waals surface area contributed by atoms with E-state index in [9.17, 15) is 4.79 Å². The molecule has 2 aromatic heterocycles. The molecular formula is C14H10BrClN2OS2. The molecule has 7 heteroatoms. The average molecular weight is 402 g/mol. The highest BCUT2D eigenvalue weighted by molar-refractivity contribution is 9.10. The van der Waals surface area contributed by atoms with E-state index in [2.05, 4.69) is 20.9 Å². The second-order valence-corrected chi connectivity index (χ2v) is 7.59. The third-order valence-electron chi connectivity index (χ3n) is 3.37. The summed E-state index contributed by atoms with van der Waals surface area (Å²) in [6.07, 6.45) is 0. The van der Waals surface area contributed by atoms with Crippen LogP contribution in [0.25, 0.3) is 15.9 Å². The average Bonchev–Trinajstić information content (AvgIpc) is 2.69. The van der Waals surface area contributed by atoms with Gasteiger partial charge in [-0.05, 0) is 49.8 Å². The van der Waals surface area contributed by atoms with Crippen molar-refractivity contribution in [1.82, 2.24) is 9.55 Å². The van der Waals surface area contributed by atoms with Crippen LogP contribution in [-0.2, 0) is 0 Å². The van der Waals surface area contributed by atoms with Crippen LogP contribution in [0.5, 0.6) is 0 Å². The Morgan fingerprint density at radius 3 is 2.81 bits per heavy atom. The molecule has 0 saturated carbocycles. The molecule has 3 rings (SSSR count). The Labute approximate surface area is 143 Å². The fourth-order valence-corrected chi connectivity index (χ4v) is 4.16. The second-order valence-electron chi connectivity index (χ2n) is 4.65. The van der Waals surface area contributed by atoms with Crippen LogP contribution in [0.4, 0.5) is 0 Å². The largest absolute Gasteiger partial charge is 0.323 e. The zero-order chi connectivity index (χ0) is 15.3. The van der Waals surface area contributed by atoms with Gasteiger partial charge in [0.25, 0.3) is 5.56 Å². The van der Waals surface area contributed by atoms with Gasteiger partial charge in [0.15, 0.2) is 4.77 Å². The number of nitrogens with one attached hydrogen (secondary N) is 1. The maximum absolute atomic E-state index is 12.9. The molecule has 108 valence electrons. The van der Waals surface area contributed by atoms with Crippen LogP contribution in [0, 0.1) is 18.6 Å². The number of hydrogen-bond donors (Lipinski definition) is 1. The van der Waals surface area contributed by atoms with Crippen molar-refractivity contribution in [2.75, 3.05) is 0 Å². The van der Waals surface area contributed by atoms with E-state index in [0.29, 0.717) is 20.9 Å². The SMILES string of the molecule is Cc1sc2[nH]c(=S)n(-c3cc(Br)ccc3Cl)c(=O)c2c1C. The van der Waals surface area contributed by atoms with Gasteiger partial charge >= 0.3 is 0 Å². The van der Waals surface area contributed by atoms with Gasteiger partial charge in [0.2, 0.25) is 0 Å². The van der Waals surface area contributed by atoms with Crippen molar-refractivity contribution in [3.8, 4) is 5.69 Å². The summed E-state index contributed by atoms with van der Waals surface area (Å²) in [5.74, 6) is 0. The van der Waals surface area contributed by atoms with Gasteiger partial charge in [-0.3, -0.25) is 9.36 Å². The number of fused-ring (bicyclic) bond motifs is 1. The normalized spacial score (nSPS) is 11.2. The van der Waals surface area contributed by atoms with E-state index in [1.165, 1.54) is 4.57 Å². The number of hydrogen-bond acceptors (Lipinski definition) is 3. The van der Waals surface area contributed by atoms with Crippen LogP contribution >= 0.6 is 51.1 Å². The number of thiophene rings is 1. The molecule has 0 atom stereocenters. The highest BCUT2D eigenvalue weighted by Crippen LogP contribution is 2.28. The molecule has 1 N–H and O–H groups in total. The molecule has 3 aromatic rings. The van der Waals surface area contributed by atoms with Crippen LogP contribution in [0.1, 0.15) is 10.4 Å². The first-order valence-electron chi connectivity index (χ1n) is 6.10. The maximum Gasteiger partial charge on any atom is 0.267 e. The minimum atomic E-state index is -0.143. The number of benzene rings is 1. The molecule has 3 nitrogen and oxygen atoms in total. The highest BCUT2D eigenvalue weighted by atomic mass is 79.9. The van der Waals surface area contributed by atoms with Crippen molar-refractivity contribution in [3.63, 3.8) is 0 Å². The Morgan fingerprint density at radius 2 is 2.10 bits per heavy atom. The van der Waals surface area contributed by atoms with Gasteiger partial charge in [-0.1, -0.05) is 27.5 Å². The lowest BCUT2D eigenvalue weighted by molar-refractivity contribution is 0.941. The molecule has 0 radical (unpaired) electrons. The third-order valence-corrected chi connectivity index (χ3v) is 5.60. The summed E-state index contributed by atoms with van der Waals surface area (Å²) in [6.45, 7) is 3.94. The van der Waals surface area contributed by atoms with Crippen LogP contribution in [-0.4, -0.2) is 9.55 Å². The molecule has 2 heterocycles. The monoisotopic (exact) mass is 400 g/mol. The predicted octanol–water partition coefficient (Wildman–Crippen LogP) is 5.14. The van der Waals surface area contributed by atoms with Crippen molar-refractivity contribution in [3.05, 3.63) is 53.3 Å². The second kappa shape index (κ2) is 5.35. The van der Waals surface area contributed by atoms with Gasteiger partial charge in [-0.15, -0.1) is 11.3 Å². The molecule has 0 aliphatic carbocycles. The molecule has 0 spiro atoms. The molecule has 0 saturated heterocycles. The number of rotatable bonds is 1. The molecule has 0 bridgehead atoms. The Hall–Kier alpha value is -0.950. The van der Waals surface area contributed by atoms with Gasteiger partial charge < -0.3 is 4.98 Å². The summed E-state index contributed by atoms with van der Waals surface area (Å²) in [6, 6.07) is 5.34. The van der Waals surface area contributed by atoms with E-state index in [-0.39, 0.29) is 5.56 Å². The lowest BCUT2D eigenvalue weighted by atomic mass is 10.2. The molecule has 0 amide bonds. The standard InChI is InChI=1S/C14H10BrClN2OS2/c1-6-7(2)21-12-11(6)13(19)18(14(20)17-12)10-5-8(15)3-4-9(10)16/h3-5H,1-2H3,(H,17,20). The van der Waals surface area contributed by atoms with E-state index >= 15 is 0 Å². The molecule has 0 aliphatic heterocycles. The quantitative estimate of drug-likeness (QED) is 0.573. The zero-order valence-electron chi connectivity index (χ0n) is 11.2. The van der Waals surface area contributed by atoms with Gasteiger partial charge in [0.1, 0.15) is 4.83 Å². The highest BCUT2D eigenvalue weighted by Gasteiger charge is 2.15. The van der Waals surface area contributed by atoms with Gasteiger partial charge in [-0.25, -0.2) is 0 Å². The predicted molar refractivity (Wildman–Crippen MR) is 94.8 cm³/mol. The summed E-state index contributed by atoms with van der Waals surface area (Å²) >= 11 is 16.5. The van der Waals surface area contributed by atoms with Crippen molar-refractivity contribution in [1.29, 1.82) is 0 Å². The van der Waals surface area contributed by atoms with Crippen molar-refractivity contribution in [2.24, 2.45) is 0 Å². The van der Waals surface area contributed by atoms with E-state index < -0.39 is 0 Å². The topological polar surface area (TPSA) is 37.8 Å². The Balaban J connectivity index is 2.49. The number of aryl methyl sites for hydroxylation is 2. The molecule has 0 unspecified atom stereocenters. The van der Waals surface area contributed by atoms with Crippen LogP contribution in [0.15, 0.2) is 27.5 Å². The summed E-state index contributed by atoms with van der Waals surface area (Å²) in [5.41, 5.74) is 1.41. The van der Waals surface area contributed by atoms with Crippen LogP contribution in [0.2, 0.25) is 5.02 Å². The van der Waals surface area contributed by atoms with Crippen molar-refractivity contribution in [2.45, 2.75) is 13.8 Å². The van der Waals surface area contributed by atoms with E-state index in [1.54, 1.807) is 23.5 Å². The number of aromatic nitrogens is 2. The first-order chi connectivity index (χ1) is 9.90. The molecule has 0 fully saturated rings. The lowest BCUT2D eigenvalue weighted by Gasteiger charge is -2.09. The smallest absolute Gasteiger partial charge is 0.267 e. The van der Waals surface area contributed by atoms with Crippen molar-refractivity contribution >= 4 is 61.3 Å². The van der Waals surface area contributed by atoms with Gasteiger partial charge in [-0.2, -0.15) is 0 Å². The van der Waals surface area contributed by atoms with E-state index in [1.807, 2.05) is 19.9 Å². The van der Waals surface area contributed by atoms with Gasteiger partial charge in [0.05, 0.1) is 16.1 Å². The number of H-pyrrole nitrogens is 1. The Bertz CT molecular complexity index is 987. The summed E-state index contributed by atoms with van der Waals surface area (Å²) in [5, 5.41) is 1.14. The minimum Gasteiger partial charge on any atom is -0.323 e. The van der Waals surface area contributed by atoms with E-state index in [0.717, 1.165) is 19.7 Å². The van der Waals surface area contributed by atoms with Crippen molar-refractivity contribution < 1.29 is 0 Å². The maximum atomic E-state index is 12.9. The minimum absolute atomic E-state index is 0.143. The number of halogens is 2. The fourth-order valence-electron chi connectivity index (χ4n) is 2.21. The molecule has 21 heavy (non-hydrogen) atoms. The first-order valence-corrected chi connectivity index (χ1v) is 8.50. The van der Waals surface area contributed by atoms with Gasteiger partial charge in [0, 0.05) is 9.35 Å².